The molecule has 0 saturated carbocycles. The summed E-state index contributed by atoms with van der Waals surface area (Å²) in [6.45, 7) is 5.21. The van der Waals surface area contributed by atoms with Gasteiger partial charge in [-0.1, -0.05) is 12.1 Å². The monoisotopic (exact) mass is 247 g/mol. The maximum atomic E-state index is 9.07. The summed E-state index contributed by atoms with van der Waals surface area (Å²) in [5.74, 6) is 0. The number of anilines is 1. The molecule has 2 aromatic rings. The van der Waals surface area contributed by atoms with E-state index in [1.807, 2.05) is 35.6 Å². The Hall–Kier alpha value is -1.32. The Morgan fingerprint density at radius 2 is 2.06 bits per heavy atom. The fraction of sp³-hybridized carbons (Fsp3) is 0.286. The molecule has 0 aliphatic heterocycles. The maximum Gasteiger partial charge on any atom is 0.0682 e. The highest BCUT2D eigenvalue weighted by atomic mass is 32.1. The first-order chi connectivity index (χ1) is 8.19. The zero-order chi connectivity index (χ0) is 12.3. The number of aliphatic hydroxyl groups excluding tert-OH is 1. The molecule has 1 heterocycles. The molecule has 2 N–H and O–H groups in total. The first-order valence-electron chi connectivity index (χ1n) is 5.68. The lowest BCUT2D eigenvalue weighted by Crippen LogP contribution is -1.99. The predicted octanol–water partition coefficient (Wildman–Crippen LogP) is 3.47. The van der Waals surface area contributed by atoms with E-state index >= 15 is 0 Å². The predicted molar refractivity (Wildman–Crippen MR) is 73.5 cm³/mol. The molecule has 0 atom stereocenters. The molecule has 0 unspecified atom stereocenters. The Kier molecular flexibility index (Phi) is 3.82. The largest absolute Gasteiger partial charge is 0.392 e. The van der Waals surface area contributed by atoms with Crippen molar-refractivity contribution in [2.45, 2.75) is 27.0 Å². The Morgan fingerprint density at radius 3 is 2.71 bits per heavy atom. The second kappa shape index (κ2) is 5.34. The molecule has 1 aromatic heterocycles. The highest BCUT2D eigenvalue weighted by Gasteiger charge is 2.02. The van der Waals surface area contributed by atoms with E-state index in [9.17, 15) is 0 Å². The van der Waals surface area contributed by atoms with Crippen LogP contribution < -0.4 is 5.32 Å². The van der Waals surface area contributed by atoms with Crippen LogP contribution in [0.15, 0.2) is 30.3 Å². The zero-order valence-electron chi connectivity index (χ0n) is 10.2. The van der Waals surface area contributed by atoms with Crippen molar-refractivity contribution in [1.82, 2.24) is 0 Å². The Labute approximate surface area is 106 Å². The second-order valence-corrected chi connectivity index (χ2v) is 5.61. The van der Waals surface area contributed by atoms with Crippen LogP contribution >= 0.6 is 11.3 Å². The van der Waals surface area contributed by atoms with E-state index in [1.54, 1.807) is 0 Å². The first-order valence-corrected chi connectivity index (χ1v) is 6.50. The van der Waals surface area contributed by atoms with E-state index in [0.717, 1.165) is 17.8 Å². The Balaban J connectivity index is 2.04. The summed E-state index contributed by atoms with van der Waals surface area (Å²) in [7, 11) is 0. The molecule has 0 saturated heterocycles. The third-order valence-electron chi connectivity index (χ3n) is 2.74. The van der Waals surface area contributed by atoms with Crippen molar-refractivity contribution in [3.05, 3.63) is 51.2 Å². The topological polar surface area (TPSA) is 32.3 Å². The highest BCUT2D eigenvalue weighted by Crippen LogP contribution is 2.21. The summed E-state index contributed by atoms with van der Waals surface area (Å²) >= 11 is 1.83. The van der Waals surface area contributed by atoms with Crippen LogP contribution in [0.5, 0.6) is 0 Å². The molecule has 0 aliphatic rings. The van der Waals surface area contributed by atoms with E-state index in [1.165, 1.54) is 15.3 Å². The Morgan fingerprint density at radius 1 is 1.24 bits per heavy atom. The van der Waals surface area contributed by atoms with E-state index in [4.69, 9.17) is 5.11 Å². The smallest absolute Gasteiger partial charge is 0.0682 e. The summed E-state index contributed by atoms with van der Waals surface area (Å²) in [6, 6.07) is 10.1. The summed E-state index contributed by atoms with van der Waals surface area (Å²) in [4.78, 5) is 2.72. The summed E-state index contributed by atoms with van der Waals surface area (Å²) in [5.41, 5.74) is 3.34. The fourth-order valence-corrected chi connectivity index (χ4v) is 2.78. The lowest BCUT2D eigenvalue weighted by Gasteiger charge is -2.07. The molecule has 0 radical (unpaired) electrons. The van der Waals surface area contributed by atoms with Crippen molar-refractivity contribution >= 4 is 17.0 Å². The fourth-order valence-electron chi connectivity index (χ4n) is 1.84. The SMILES string of the molecule is Cc1cc(CNc2cccc(CO)c2)c(C)s1. The average Bonchev–Trinajstić information content (AvgIpc) is 2.65. The Bertz CT molecular complexity index is 505. The average molecular weight is 247 g/mol. The number of rotatable bonds is 4. The minimum atomic E-state index is 0.0894. The number of nitrogens with one attached hydrogen (secondary N) is 1. The molecule has 0 aliphatic carbocycles. The third-order valence-corrected chi connectivity index (χ3v) is 3.74. The van der Waals surface area contributed by atoms with Gasteiger partial charge in [-0.15, -0.1) is 11.3 Å². The third kappa shape index (κ3) is 3.08. The quantitative estimate of drug-likeness (QED) is 0.867. The molecular formula is C14H17NOS. The van der Waals surface area contributed by atoms with Crippen molar-refractivity contribution in [3.63, 3.8) is 0 Å². The van der Waals surface area contributed by atoms with Gasteiger partial charge in [0, 0.05) is 22.0 Å². The highest BCUT2D eigenvalue weighted by molar-refractivity contribution is 7.12. The van der Waals surface area contributed by atoms with Gasteiger partial charge in [-0.05, 0) is 43.2 Å². The van der Waals surface area contributed by atoms with Crippen molar-refractivity contribution in [1.29, 1.82) is 0 Å². The molecule has 2 nitrogen and oxygen atoms in total. The van der Waals surface area contributed by atoms with Crippen LogP contribution in [0.3, 0.4) is 0 Å². The van der Waals surface area contributed by atoms with E-state index in [2.05, 4.69) is 25.2 Å². The first kappa shape index (κ1) is 12.1. The van der Waals surface area contributed by atoms with Gasteiger partial charge in [-0.2, -0.15) is 0 Å². The number of benzene rings is 1. The molecule has 2 rings (SSSR count). The number of hydrogen-bond donors (Lipinski definition) is 2. The van der Waals surface area contributed by atoms with Gasteiger partial charge in [0.1, 0.15) is 0 Å². The second-order valence-electron chi connectivity index (χ2n) is 4.15. The lowest BCUT2D eigenvalue weighted by molar-refractivity contribution is 0.282. The molecule has 1 aromatic carbocycles. The molecule has 0 fully saturated rings. The number of aliphatic hydroxyl groups is 1. The number of hydrogen-bond acceptors (Lipinski definition) is 3. The normalized spacial score (nSPS) is 10.5. The molecule has 17 heavy (non-hydrogen) atoms. The summed E-state index contributed by atoms with van der Waals surface area (Å²) < 4.78 is 0. The van der Waals surface area contributed by atoms with Crippen LogP contribution in [-0.4, -0.2) is 5.11 Å². The van der Waals surface area contributed by atoms with Gasteiger partial charge in [0.15, 0.2) is 0 Å². The van der Waals surface area contributed by atoms with Gasteiger partial charge >= 0.3 is 0 Å². The molecular weight excluding hydrogens is 230 g/mol. The molecule has 90 valence electrons. The number of thiophene rings is 1. The number of aryl methyl sites for hydroxylation is 2. The lowest BCUT2D eigenvalue weighted by atomic mass is 10.2. The van der Waals surface area contributed by atoms with Crippen LogP contribution in [0.2, 0.25) is 0 Å². The van der Waals surface area contributed by atoms with Gasteiger partial charge < -0.3 is 10.4 Å². The van der Waals surface area contributed by atoms with Gasteiger partial charge in [-0.25, -0.2) is 0 Å². The minimum Gasteiger partial charge on any atom is -0.392 e. The standard InChI is InChI=1S/C14H17NOS/c1-10-6-13(11(2)17-10)8-15-14-5-3-4-12(7-14)9-16/h3-7,15-16H,8-9H2,1-2H3. The van der Waals surface area contributed by atoms with E-state index in [0.29, 0.717) is 0 Å². The zero-order valence-corrected chi connectivity index (χ0v) is 11.0. The summed E-state index contributed by atoms with van der Waals surface area (Å²) in [5, 5.41) is 12.5. The van der Waals surface area contributed by atoms with Crippen LogP contribution in [0.25, 0.3) is 0 Å². The van der Waals surface area contributed by atoms with E-state index in [-0.39, 0.29) is 6.61 Å². The van der Waals surface area contributed by atoms with Crippen LogP contribution in [0.4, 0.5) is 5.69 Å². The molecule has 0 amide bonds. The van der Waals surface area contributed by atoms with Crippen LogP contribution in [0.1, 0.15) is 20.9 Å². The van der Waals surface area contributed by atoms with Crippen molar-refractivity contribution < 1.29 is 5.11 Å². The molecule has 0 bridgehead atoms. The van der Waals surface area contributed by atoms with E-state index < -0.39 is 0 Å². The maximum absolute atomic E-state index is 9.07. The molecule has 0 spiro atoms. The van der Waals surface area contributed by atoms with Crippen molar-refractivity contribution in [2.75, 3.05) is 5.32 Å². The van der Waals surface area contributed by atoms with Gasteiger partial charge in [0.2, 0.25) is 0 Å². The molecule has 3 heteroatoms. The van der Waals surface area contributed by atoms with Crippen molar-refractivity contribution in [2.24, 2.45) is 0 Å². The van der Waals surface area contributed by atoms with Gasteiger partial charge in [-0.3, -0.25) is 0 Å². The van der Waals surface area contributed by atoms with Gasteiger partial charge in [0.05, 0.1) is 6.61 Å². The minimum absolute atomic E-state index is 0.0894. The van der Waals surface area contributed by atoms with Crippen molar-refractivity contribution in [3.8, 4) is 0 Å². The van der Waals surface area contributed by atoms with Crippen LogP contribution in [0, 0.1) is 13.8 Å². The summed E-state index contributed by atoms with van der Waals surface area (Å²) in [6.07, 6.45) is 0. The van der Waals surface area contributed by atoms with Gasteiger partial charge in [0.25, 0.3) is 0 Å². The van der Waals surface area contributed by atoms with Crippen LogP contribution in [-0.2, 0) is 13.2 Å².